The van der Waals surface area contributed by atoms with Crippen molar-refractivity contribution >= 4 is 40.9 Å². The molecule has 1 heterocycles. The van der Waals surface area contributed by atoms with Crippen LogP contribution in [0.15, 0.2) is 18.2 Å². The van der Waals surface area contributed by atoms with E-state index in [4.69, 9.17) is 28.3 Å². The van der Waals surface area contributed by atoms with Crippen LogP contribution >= 0.6 is 35.0 Å². The van der Waals surface area contributed by atoms with Gasteiger partial charge in [-0.2, -0.15) is 0 Å². The second kappa shape index (κ2) is 4.84. The van der Waals surface area contributed by atoms with Crippen LogP contribution in [0, 0.1) is 0 Å². The number of benzene rings is 1. The smallest absolute Gasteiger partial charge is 0.321 e. The van der Waals surface area contributed by atoms with Gasteiger partial charge < -0.3 is 5.11 Å². The van der Waals surface area contributed by atoms with E-state index >= 15 is 0 Å². The van der Waals surface area contributed by atoms with Gasteiger partial charge in [0, 0.05) is 15.8 Å². The number of rotatable bonds is 2. The zero-order valence-corrected chi connectivity index (χ0v) is 10.4. The maximum atomic E-state index is 10.8. The van der Waals surface area contributed by atoms with E-state index in [1.165, 1.54) is 11.8 Å². The van der Waals surface area contributed by atoms with Crippen LogP contribution in [0.1, 0.15) is 10.9 Å². The van der Waals surface area contributed by atoms with Crippen LogP contribution in [0.5, 0.6) is 0 Å². The van der Waals surface area contributed by atoms with Crippen LogP contribution in [-0.4, -0.2) is 22.9 Å². The van der Waals surface area contributed by atoms with Crippen molar-refractivity contribution < 1.29 is 9.90 Å². The minimum absolute atomic E-state index is 0.0779. The topological polar surface area (TPSA) is 49.3 Å². The molecule has 0 bridgehead atoms. The van der Waals surface area contributed by atoms with E-state index in [0.717, 1.165) is 5.56 Å². The van der Waals surface area contributed by atoms with Gasteiger partial charge in [-0.1, -0.05) is 29.3 Å². The molecule has 0 spiro atoms. The predicted molar refractivity (Wildman–Crippen MR) is 66.2 cm³/mol. The first-order chi connectivity index (χ1) is 7.58. The molecule has 2 rings (SSSR count). The van der Waals surface area contributed by atoms with Crippen molar-refractivity contribution in [2.24, 2.45) is 0 Å². The van der Waals surface area contributed by atoms with Crippen LogP contribution in [0.25, 0.3) is 0 Å². The quantitative estimate of drug-likeness (QED) is 0.873. The van der Waals surface area contributed by atoms with Crippen molar-refractivity contribution in [2.45, 2.75) is 11.4 Å². The second-order valence-electron chi connectivity index (χ2n) is 3.44. The van der Waals surface area contributed by atoms with Crippen LogP contribution in [0.3, 0.4) is 0 Å². The third-order valence-electron chi connectivity index (χ3n) is 2.33. The van der Waals surface area contributed by atoms with Gasteiger partial charge in [-0.3, -0.25) is 10.1 Å². The van der Waals surface area contributed by atoms with Crippen molar-refractivity contribution in [1.29, 1.82) is 0 Å². The normalized spacial score (nSPS) is 24.6. The summed E-state index contributed by atoms with van der Waals surface area (Å²) in [6.45, 7) is 0. The van der Waals surface area contributed by atoms with Gasteiger partial charge in [0.2, 0.25) is 0 Å². The molecule has 0 saturated carbocycles. The average molecular weight is 278 g/mol. The lowest BCUT2D eigenvalue weighted by molar-refractivity contribution is -0.138. The first kappa shape index (κ1) is 12.0. The molecule has 0 amide bonds. The van der Waals surface area contributed by atoms with Gasteiger partial charge >= 0.3 is 5.97 Å². The fourth-order valence-corrected chi connectivity index (χ4v) is 3.36. The summed E-state index contributed by atoms with van der Waals surface area (Å²) < 4.78 is 0. The van der Waals surface area contributed by atoms with Gasteiger partial charge in [0.05, 0.1) is 5.37 Å². The molecule has 1 aromatic carbocycles. The molecule has 6 heteroatoms. The van der Waals surface area contributed by atoms with Crippen molar-refractivity contribution in [3.63, 3.8) is 0 Å². The van der Waals surface area contributed by atoms with E-state index in [2.05, 4.69) is 5.32 Å². The van der Waals surface area contributed by atoms with Gasteiger partial charge in [-0.05, 0) is 17.7 Å². The lowest BCUT2D eigenvalue weighted by atomic mass is 10.2. The summed E-state index contributed by atoms with van der Waals surface area (Å²) in [7, 11) is 0. The van der Waals surface area contributed by atoms with Crippen LogP contribution in [-0.2, 0) is 4.79 Å². The van der Waals surface area contributed by atoms with E-state index in [1.807, 2.05) is 6.07 Å². The Morgan fingerprint density at radius 3 is 2.81 bits per heavy atom. The number of thioether (sulfide) groups is 1. The zero-order chi connectivity index (χ0) is 11.7. The van der Waals surface area contributed by atoms with Gasteiger partial charge in [0.1, 0.15) is 6.04 Å². The molecule has 0 unspecified atom stereocenters. The predicted octanol–water partition coefficient (Wildman–Crippen LogP) is 2.78. The maximum absolute atomic E-state index is 10.8. The largest absolute Gasteiger partial charge is 0.480 e. The molecule has 86 valence electrons. The van der Waals surface area contributed by atoms with Gasteiger partial charge in [0.15, 0.2) is 0 Å². The summed E-state index contributed by atoms with van der Waals surface area (Å²) in [5.41, 5.74) is 0.875. The molecular weight excluding hydrogens is 269 g/mol. The maximum Gasteiger partial charge on any atom is 0.321 e. The highest BCUT2D eigenvalue weighted by Crippen LogP contribution is 2.37. The Morgan fingerprint density at radius 1 is 1.50 bits per heavy atom. The summed E-state index contributed by atoms with van der Waals surface area (Å²) in [4.78, 5) is 10.8. The molecule has 1 saturated heterocycles. The Balaban J connectivity index is 2.17. The van der Waals surface area contributed by atoms with Crippen LogP contribution < -0.4 is 5.32 Å². The van der Waals surface area contributed by atoms with E-state index in [9.17, 15) is 4.79 Å². The Hall–Kier alpha value is -0.420. The highest BCUT2D eigenvalue weighted by molar-refractivity contribution is 7.99. The van der Waals surface area contributed by atoms with Crippen molar-refractivity contribution in [1.82, 2.24) is 5.32 Å². The molecular formula is C10H9Cl2NO2S. The van der Waals surface area contributed by atoms with E-state index in [-0.39, 0.29) is 5.37 Å². The number of carbonyl (C=O) groups is 1. The first-order valence-electron chi connectivity index (χ1n) is 4.63. The molecule has 16 heavy (non-hydrogen) atoms. The summed E-state index contributed by atoms with van der Waals surface area (Å²) >= 11 is 13.4. The van der Waals surface area contributed by atoms with Gasteiger partial charge in [0.25, 0.3) is 0 Å². The SMILES string of the molecule is O=C(O)[C@H]1CS[C@@H](c2ccc(Cl)cc2Cl)N1. The number of halogens is 2. The van der Waals surface area contributed by atoms with E-state index in [1.54, 1.807) is 12.1 Å². The minimum Gasteiger partial charge on any atom is -0.480 e. The van der Waals surface area contributed by atoms with Gasteiger partial charge in [-0.25, -0.2) is 0 Å². The lowest BCUT2D eigenvalue weighted by Crippen LogP contribution is -2.33. The molecule has 1 aliphatic rings. The molecule has 3 nitrogen and oxygen atoms in total. The molecule has 0 aliphatic carbocycles. The number of nitrogens with one attached hydrogen (secondary N) is 1. The Labute approximate surface area is 107 Å². The lowest BCUT2D eigenvalue weighted by Gasteiger charge is -2.13. The Bertz CT molecular complexity index is 427. The van der Waals surface area contributed by atoms with Crippen molar-refractivity contribution in [3.05, 3.63) is 33.8 Å². The number of carboxylic acid groups (broad SMARTS) is 1. The summed E-state index contributed by atoms with van der Waals surface area (Å²) in [5, 5.41) is 12.9. The first-order valence-corrected chi connectivity index (χ1v) is 6.44. The van der Waals surface area contributed by atoms with Gasteiger partial charge in [-0.15, -0.1) is 11.8 Å². The van der Waals surface area contributed by atoms with Crippen LogP contribution in [0.4, 0.5) is 0 Å². The zero-order valence-electron chi connectivity index (χ0n) is 8.11. The molecule has 0 radical (unpaired) electrons. The molecule has 0 aromatic heterocycles. The third kappa shape index (κ3) is 2.46. The molecule has 2 atom stereocenters. The van der Waals surface area contributed by atoms with Crippen LogP contribution in [0.2, 0.25) is 10.0 Å². The highest BCUT2D eigenvalue weighted by atomic mass is 35.5. The third-order valence-corrected chi connectivity index (χ3v) is 4.14. The number of aliphatic carboxylic acids is 1. The second-order valence-corrected chi connectivity index (χ2v) is 5.42. The summed E-state index contributed by atoms with van der Waals surface area (Å²) in [5.74, 6) is -0.293. The standard InChI is InChI=1S/C10H9Cl2NO2S/c11-5-1-2-6(7(12)3-5)9-13-8(4-16-9)10(14)15/h1-3,8-9,13H,4H2,(H,14,15)/t8-,9+/m1/s1. The Morgan fingerprint density at radius 2 is 2.25 bits per heavy atom. The Kier molecular flexibility index (Phi) is 3.64. The number of carboxylic acids is 1. The fourth-order valence-electron chi connectivity index (χ4n) is 1.51. The fraction of sp³-hybridized carbons (Fsp3) is 0.300. The van der Waals surface area contributed by atoms with Crippen molar-refractivity contribution in [2.75, 3.05) is 5.75 Å². The minimum atomic E-state index is -0.833. The van der Waals surface area contributed by atoms with E-state index < -0.39 is 12.0 Å². The monoisotopic (exact) mass is 277 g/mol. The number of hydrogen-bond donors (Lipinski definition) is 2. The van der Waals surface area contributed by atoms with E-state index in [0.29, 0.717) is 15.8 Å². The molecule has 2 N–H and O–H groups in total. The molecule has 1 fully saturated rings. The summed E-state index contributed by atoms with van der Waals surface area (Å²) in [6, 6.07) is 4.72. The average Bonchev–Trinajstić information content (AvgIpc) is 2.66. The van der Waals surface area contributed by atoms with Crippen molar-refractivity contribution in [3.8, 4) is 0 Å². The molecule has 1 aromatic rings. The highest BCUT2D eigenvalue weighted by Gasteiger charge is 2.31. The number of hydrogen-bond acceptors (Lipinski definition) is 3. The molecule has 1 aliphatic heterocycles. The summed E-state index contributed by atoms with van der Waals surface area (Å²) in [6.07, 6.45) is 0.